The maximum absolute atomic E-state index is 8.59. The van der Waals surface area contributed by atoms with Crippen molar-refractivity contribution in [2.24, 2.45) is 5.92 Å². The second-order valence-electron chi connectivity index (χ2n) is 3.44. The van der Waals surface area contributed by atoms with E-state index in [9.17, 15) is 0 Å². The SMILES string of the molecule is CC(C#N)CNCc1cc(Cl)cc(Cl)c1. The first-order chi connectivity index (χ1) is 7.11. The Hall–Kier alpha value is -0.750. The number of halogens is 2. The van der Waals surface area contributed by atoms with Gasteiger partial charge in [0.2, 0.25) is 0 Å². The number of nitriles is 1. The molecule has 0 aliphatic carbocycles. The summed E-state index contributed by atoms with van der Waals surface area (Å²) in [5.41, 5.74) is 1.03. The number of hydrogen-bond donors (Lipinski definition) is 1. The van der Waals surface area contributed by atoms with Gasteiger partial charge >= 0.3 is 0 Å². The lowest BCUT2D eigenvalue weighted by Crippen LogP contribution is -2.19. The molecule has 0 spiro atoms. The van der Waals surface area contributed by atoms with Crippen LogP contribution in [0.15, 0.2) is 18.2 Å². The van der Waals surface area contributed by atoms with Crippen LogP contribution in [-0.4, -0.2) is 6.54 Å². The van der Waals surface area contributed by atoms with E-state index in [0.29, 0.717) is 23.1 Å². The highest BCUT2D eigenvalue weighted by Gasteiger charge is 2.00. The molecule has 1 unspecified atom stereocenters. The molecule has 0 aromatic heterocycles. The van der Waals surface area contributed by atoms with Crippen molar-refractivity contribution in [3.05, 3.63) is 33.8 Å². The molecule has 4 heteroatoms. The van der Waals surface area contributed by atoms with Gasteiger partial charge in [0, 0.05) is 23.1 Å². The Balaban J connectivity index is 2.48. The van der Waals surface area contributed by atoms with E-state index in [1.165, 1.54) is 0 Å². The Kier molecular flexibility index (Phi) is 4.90. The van der Waals surface area contributed by atoms with E-state index < -0.39 is 0 Å². The Labute approximate surface area is 99.8 Å². The zero-order chi connectivity index (χ0) is 11.3. The van der Waals surface area contributed by atoms with Crippen LogP contribution < -0.4 is 5.32 Å². The minimum atomic E-state index is 0.0136. The van der Waals surface area contributed by atoms with E-state index in [4.69, 9.17) is 28.5 Å². The highest BCUT2D eigenvalue weighted by Crippen LogP contribution is 2.18. The predicted molar refractivity (Wildman–Crippen MR) is 62.9 cm³/mol. The minimum Gasteiger partial charge on any atom is -0.311 e. The molecule has 1 aromatic rings. The molecule has 2 nitrogen and oxygen atoms in total. The highest BCUT2D eigenvalue weighted by molar-refractivity contribution is 6.34. The average Bonchev–Trinajstić information content (AvgIpc) is 2.16. The molecule has 1 N–H and O–H groups in total. The molecule has 0 bridgehead atoms. The molecule has 0 heterocycles. The maximum atomic E-state index is 8.59. The summed E-state index contributed by atoms with van der Waals surface area (Å²) in [4.78, 5) is 0. The Bertz CT molecular complexity index is 351. The van der Waals surface area contributed by atoms with Crippen LogP contribution in [0.1, 0.15) is 12.5 Å². The van der Waals surface area contributed by atoms with Gasteiger partial charge in [0.15, 0.2) is 0 Å². The minimum absolute atomic E-state index is 0.0136. The first-order valence-electron chi connectivity index (χ1n) is 4.67. The summed E-state index contributed by atoms with van der Waals surface area (Å²) in [7, 11) is 0. The average molecular weight is 243 g/mol. The van der Waals surface area contributed by atoms with E-state index in [1.54, 1.807) is 6.07 Å². The van der Waals surface area contributed by atoms with E-state index in [2.05, 4.69) is 11.4 Å². The van der Waals surface area contributed by atoms with E-state index >= 15 is 0 Å². The lowest BCUT2D eigenvalue weighted by Gasteiger charge is -2.06. The molecule has 0 fully saturated rings. The Morgan fingerprint density at radius 2 is 1.93 bits per heavy atom. The highest BCUT2D eigenvalue weighted by atomic mass is 35.5. The molecule has 0 saturated heterocycles. The molecular formula is C11H12Cl2N2. The molecule has 1 aromatic carbocycles. The van der Waals surface area contributed by atoms with Crippen LogP contribution in [0.3, 0.4) is 0 Å². The standard InChI is InChI=1S/C11H12Cl2N2/c1-8(5-14)6-15-7-9-2-10(12)4-11(13)3-9/h2-4,8,15H,6-7H2,1H3. The predicted octanol–water partition coefficient (Wildman–Crippen LogP) is 3.24. The van der Waals surface area contributed by atoms with Gasteiger partial charge in [-0.25, -0.2) is 0 Å². The summed E-state index contributed by atoms with van der Waals surface area (Å²) in [5, 5.41) is 13.0. The normalized spacial score (nSPS) is 12.1. The third-order valence-electron chi connectivity index (χ3n) is 1.92. The summed E-state index contributed by atoms with van der Waals surface area (Å²) < 4.78 is 0. The quantitative estimate of drug-likeness (QED) is 0.881. The van der Waals surface area contributed by atoms with Crippen LogP contribution in [0.5, 0.6) is 0 Å². The lowest BCUT2D eigenvalue weighted by molar-refractivity contribution is 0.602. The molecule has 1 atom stereocenters. The van der Waals surface area contributed by atoms with Gasteiger partial charge in [-0.3, -0.25) is 0 Å². The van der Waals surface area contributed by atoms with Crippen molar-refractivity contribution in [1.82, 2.24) is 5.32 Å². The van der Waals surface area contributed by atoms with Crippen molar-refractivity contribution in [3.63, 3.8) is 0 Å². The lowest BCUT2D eigenvalue weighted by atomic mass is 10.2. The third-order valence-corrected chi connectivity index (χ3v) is 2.36. The summed E-state index contributed by atoms with van der Waals surface area (Å²) in [5.74, 6) is 0.0136. The summed E-state index contributed by atoms with van der Waals surface area (Å²) in [6.45, 7) is 3.21. The largest absolute Gasteiger partial charge is 0.311 e. The maximum Gasteiger partial charge on any atom is 0.0666 e. The van der Waals surface area contributed by atoms with Crippen molar-refractivity contribution in [3.8, 4) is 6.07 Å². The molecular weight excluding hydrogens is 231 g/mol. The second-order valence-corrected chi connectivity index (χ2v) is 4.31. The molecule has 1 rings (SSSR count). The molecule has 0 amide bonds. The summed E-state index contributed by atoms with van der Waals surface area (Å²) in [6, 6.07) is 7.58. The fourth-order valence-electron chi connectivity index (χ4n) is 1.19. The second kappa shape index (κ2) is 5.97. The molecule has 0 aliphatic heterocycles. The van der Waals surface area contributed by atoms with Gasteiger partial charge in [0.25, 0.3) is 0 Å². The van der Waals surface area contributed by atoms with Gasteiger partial charge in [-0.05, 0) is 30.7 Å². The van der Waals surface area contributed by atoms with Gasteiger partial charge in [-0.1, -0.05) is 23.2 Å². The van der Waals surface area contributed by atoms with Crippen LogP contribution in [0.25, 0.3) is 0 Å². The van der Waals surface area contributed by atoms with Crippen molar-refractivity contribution < 1.29 is 0 Å². The van der Waals surface area contributed by atoms with Crippen molar-refractivity contribution in [2.75, 3.05) is 6.54 Å². The summed E-state index contributed by atoms with van der Waals surface area (Å²) in [6.07, 6.45) is 0. The van der Waals surface area contributed by atoms with Crippen LogP contribution in [0.4, 0.5) is 0 Å². The fraction of sp³-hybridized carbons (Fsp3) is 0.364. The molecule has 0 radical (unpaired) electrons. The van der Waals surface area contributed by atoms with Gasteiger partial charge in [0.1, 0.15) is 0 Å². The van der Waals surface area contributed by atoms with E-state index in [-0.39, 0.29) is 5.92 Å². The smallest absolute Gasteiger partial charge is 0.0666 e. The number of nitrogens with zero attached hydrogens (tertiary/aromatic N) is 1. The molecule has 15 heavy (non-hydrogen) atoms. The first kappa shape index (κ1) is 12.3. The Morgan fingerprint density at radius 3 is 2.47 bits per heavy atom. The molecule has 0 aliphatic rings. The molecule has 0 saturated carbocycles. The van der Waals surface area contributed by atoms with Crippen molar-refractivity contribution in [1.29, 1.82) is 5.26 Å². The number of benzene rings is 1. The van der Waals surface area contributed by atoms with E-state index in [0.717, 1.165) is 5.56 Å². The number of hydrogen-bond acceptors (Lipinski definition) is 2. The molecule has 80 valence electrons. The van der Waals surface area contributed by atoms with E-state index in [1.807, 2.05) is 19.1 Å². The number of nitrogens with one attached hydrogen (secondary N) is 1. The van der Waals surface area contributed by atoms with Gasteiger partial charge < -0.3 is 5.32 Å². The van der Waals surface area contributed by atoms with Crippen LogP contribution in [0.2, 0.25) is 10.0 Å². The monoisotopic (exact) mass is 242 g/mol. The summed E-state index contributed by atoms with van der Waals surface area (Å²) >= 11 is 11.7. The van der Waals surface area contributed by atoms with Crippen LogP contribution in [-0.2, 0) is 6.54 Å². The van der Waals surface area contributed by atoms with Crippen molar-refractivity contribution >= 4 is 23.2 Å². The first-order valence-corrected chi connectivity index (χ1v) is 5.42. The zero-order valence-electron chi connectivity index (χ0n) is 8.43. The third kappa shape index (κ3) is 4.53. The zero-order valence-corrected chi connectivity index (χ0v) is 9.94. The van der Waals surface area contributed by atoms with Gasteiger partial charge in [-0.2, -0.15) is 5.26 Å². The number of rotatable bonds is 4. The topological polar surface area (TPSA) is 35.8 Å². The van der Waals surface area contributed by atoms with Crippen LogP contribution >= 0.6 is 23.2 Å². The van der Waals surface area contributed by atoms with Gasteiger partial charge in [-0.15, -0.1) is 0 Å². The van der Waals surface area contributed by atoms with Gasteiger partial charge in [0.05, 0.1) is 12.0 Å². The van der Waals surface area contributed by atoms with Crippen molar-refractivity contribution in [2.45, 2.75) is 13.5 Å². The fourth-order valence-corrected chi connectivity index (χ4v) is 1.76. The van der Waals surface area contributed by atoms with Crippen LogP contribution in [0, 0.1) is 17.2 Å². The Morgan fingerprint density at radius 1 is 1.33 bits per heavy atom.